The molecule has 0 aliphatic heterocycles. The first-order valence-corrected chi connectivity index (χ1v) is 11.7. The van der Waals surface area contributed by atoms with E-state index in [0.29, 0.717) is 0 Å². The molecule has 1 aliphatic rings. The molecule has 1 aromatic heterocycles. The van der Waals surface area contributed by atoms with E-state index in [9.17, 15) is 0 Å². The second kappa shape index (κ2) is 7.21. The topological polar surface area (TPSA) is 4.93 Å². The molecule has 0 unspecified atom stereocenters. The normalized spacial score (nSPS) is 13.1. The number of hydrogen-bond acceptors (Lipinski definition) is 0. The van der Waals surface area contributed by atoms with E-state index in [1.807, 2.05) is 0 Å². The fourth-order valence-corrected chi connectivity index (χ4v) is 5.44. The zero-order valence-electron chi connectivity index (χ0n) is 18.3. The molecule has 7 rings (SSSR count). The Morgan fingerprint density at radius 1 is 0.606 bits per heavy atom. The van der Waals surface area contributed by atoms with Gasteiger partial charge in [0, 0.05) is 16.5 Å². The highest BCUT2D eigenvalue weighted by Gasteiger charge is 2.18. The molecule has 0 N–H and O–H groups in total. The fourth-order valence-electron chi connectivity index (χ4n) is 5.44. The monoisotopic (exact) mass is 421 g/mol. The Labute approximate surface area is 193 Å². The lowest BCUT2D eigenvalue weighted by Crippen LogP contribution is -1.96. The second-order valence-electron chi connectivity index (χ2n) is 8.94. The van der Waals surface area contributed by atoms with Crippen LogP contribution in [0.5, 0.6) is 0 Å². The van der Waals surface area contributed by atoms with Crippen LogP contribution in [0.25, 0.3) is 55.5 Å². The molecule has 0 radical (unpaired) electrons. The molecule has 0 bridgehead atoms. The third kappa shape index (κ3) is 2.86. The van der Waals surface area contributed by atoms with Crippen LogP contribution in [0.2, 0.25) is 0 Å². The van der Waals surface area contributed by atoms with Crippen molar-refractivity contribution in [3.8, 4) is 16.8 Å². The molecule has 0 spiro atoms. The molecule has 0 saturated carbocycles. The minimum absolute atomic E-state index is 1.12. The van der Waals surface area contributed by atoms with E-state index < -0.39 is 0 Å². The second-order valence-corrected chi connectivity index (χ2v) is 8.94. The SMILES string of the molecule is C1=Cc2c(ccc3c2c2cc4cc(-c5ccccc5)ccc4cc2n3-c2ccccc2)CC1. The zero-order valence-corrected chi connectivity index (χ0v) is 18.3. The van der Waals surface area contributed by atoms with Crippen LogP contribution in [0.4, 0.5) is 0 Å². The Morgan fingerprint density at radius 2 is 1.42 bits per heavy atom. The molecule has 0 saturated heterocycles. The van der Waals surface area contributed by atoms with Gasteiger partial charge in [-0.15, -0.1) is 0 Å². The van der Waals surface area contributed by atoms with Gasteiger partial charge in [-0.3, -0.25) is 0 Å². The molecule has 5 aromatic carbocycles. The summed E-state index contributed by atoms with van der Waals surface area (Å²) in [7, 11) is 0. The summed E-state index contributed by atoms with van der Waals surface area (Å²) in [6.45, 7) is 0. The van der Waals surface area contributed by atoms with Gasteiger partial charge in [0.1, 0.15) is 0 Å². The summed E-state index contributed by atoms with van der Waals surface area (Å²) in [6.07, 6.45) is 6.90. The maximum atomic E-state index is 2.43. The molecule has 0 amide bonds. The van der Waals surface area contributed by atoms with Gasteiger partial charge >= 0.3 is 0 Å². The molecule has 1 heterocycles. The standard InChI is InChI=1S/C32H23N/c1-3-9-22(10-4-1)24-15-16-25-21-31-29(20-26(25)19-24)32-28-14-8-7-11-23(28)17-18-30(32)33(31)27-12-5-2-6-13-27/h1-6,8-10,12-21H,7,11H2. The molecule has 1 nitrogen and oxygen atoms in total. The van der Waals surface area contributed by atoms with E-state index in [-0.39, 0.29) is 0 Å². The van der Waals surface area contributed by atoms with E-state index >= 15 is 0 Å². The van der Waals surface area contributed by atoms with Crippen LogP contribution in [-0.4, -0.2) is 4.57 Å². The maximum Gasteiger partial charge on any atom is 0.0547 e. The van der Waals surface area contributed by atoms with E-state index in [1.165, 1.54) is 60.5 Å². The summed E-state index contributed by atoms with van der Waals surface area (Å²) in [5.74, 6) is 0. The van der Waals surface area contributed by atoms with Crippen LogP contribution < -0.4 is 0 Å². The highest BCUT2D eigenvalue weighted by atomic mass is 15.0. The predicted octanol–water partition coefficient (Wildman–Crippen LogP) is 8.56. The van der Waals surface area contributed by atoms with Crippen LogP contribution >= 0.6 is 0 Å². The van der Waals surface area contributed by atoms with Crippen molar-refractivity contribution in [2.75, 3.05) is 0 Å². The summed E-state index contributed by atoms with van der Waals surface area (Å²) in [5, 5.41) is 5.25. The lowest BCUT2D eigenvalue weighted by molar-refractivity contribution is 0.989. The Morgan fingerprint density at radius 3 is 2.27 bits per heavy atom. The van der Waals surface area contributed by atoms with E-state index in [4.69, 9.17) is 0 Å². The van der Waals surface area contributed by atoms with Gasteiger partial charge in [-0.25, -0.2) is 0 Å². The van der Waals surface area contributed by atoms with Crippen LogP contribution in [0.3, 0.4) is 0 Å². The Hall–Kier alpha value is -4.10. The van der Waals surface area contributed by atoms with Crippen LogP contribution in [0.1, 0.15) is 17.5 Å². The number of para-hydroxylation sites is 1. The average Bonchev–Trinajstić information content (AvgIpc) is 3.21. The third-order valence-electron chi connectivity index (χ3n) is 7.01. The van der Waals surface area contributed by atoms with E-state index in [1.54, 1.807) is 0 Å². The van der Waals surface area contributed by atoms with Crippen LogP contribution in [0.15, 0.2) is 109 Å². The number of nitrogens with zero attached hydrogens (tertiary/aromatic N) is 1. The van der Waals surface area contributed by atoms with Crippen molar-refractivity contribution >= 4 is 38.7 Å². The average molecular weight is 422 g/mol. The maximum absolute atomic E-state index is 2.43. The highest BCUT2D eigenvalue weighted by Crippen LogP contribution is 2.40. The molecular formula is C32H23N. The first-order chi connectivity index (χ1) is 16.4. The number of hydrogen-bond donors (Lipinski definition) is 0. The van der Waals surface area contributed by atoms with Gasteiger partial charge in [-0.1, -0.05) is 78.9 Å². The summed E-state index contributed by atoms with van der Waals surface area (Å²) < 4.78 is 2.43. The molecule has 156 valence electrons. The lowest BCUT2D eigenvalue weighted by Gasteiger charge is -2.13. The number of aryl methyl sites for hydroxylation is 1. The minimum atomic E-state index is 1.12. The largest absolute Gasteiger partial charge is 0.309 e. The highest BCUT2D eigenvalue weighted by molar-refractivity contribution is 6.17. The van der Waals surface area contributed by atoms with Gasteiger partial charge in [0.05, 0.1) is 11.0 Å². The Bertz CT molecular complexity index is 1690. The number of rotatable bonds is 2. The van der Waals surface area contributed by atoms with Crippen molar-refractivity contribution in [3.05, 3.63) is 120 Å². The van der Waals surface area contributed by atoms with Crippen molar-refractivity contribution in [2.24, 2.45) is 0 Å². The molecule has 1 aliphatic carbocycles. The van der Waals surface area contributed by atoms with Crippen molar-refractivity contribution in [3.63, 3.8) is 0 Å². The van der Waals surface area contributed by atoms with Gasteiger partial charge in [-0.05, 0) is 82.3 Å². The summed E-state index contributed by atoms with van der Waals surface area (Å²) in [5.41, 5.74) is 9.11. The smallest absolute Gasteiger partial charge is 0.0547 e. The van der Waals surface area contributed by atoms with Gasteiger partial charge in [0.2, 0.25) is 0 Å². The van der Waals surface area contributed by atoms with Gasteiger partial charge < -0.3 is 4.57 Å². The summed E-state index contributed by atoms with van der Waals surface area (Å²) in [6, 6.07) is 37.6. The van der Waals surface area contributed by atoms with Gasteiger partial charge in [0.15, 0.2) is 0 Å². The fraction of sp³-hybridized carbons (Fsp3) is 0.0625. The molecule has 6 aromatic rings. The molecular weight excluding hydrogens is 398 g/mol. The van der Waals surface area contributed by atoms with Crippen LogP contribution in [-0.2, 0) is 6.42 Å². The van der Waals surface area contributed by atoms with Crippen molar-refractivity contribution in [2.45, 2.75) is 12.8 Å². The zero-order chi connectivity index (χ0) is 21.8. The van der Waals surface area contributed by atoms with Gasteiger partial charge in [0.25, 0.3) is 0 Å². The van der Waals surface area contributed by atoms with Crippen molar-refractivity contribution in [1.82, 2.24) is 4.57 Å². The Balaban J connectivity index is 1.60. The lowest BCUT2D eigenvalue weighted by atomic mass is 9.92. The first kappa shape index (κ1) is 18.5. The number of aromatic nitrogens is 1. The molecule has 0 atom stereocenters. The minimum Gasteiger partial charge on any atom is -0.309 e. The molecule has 0 fully saturated rings. The number of allylic oxidation sites excluding steroid dienone is 1. The quantitative estimate of drug-likeness (QED) is 0.264. The van der Waals surface area contributed by atoms with Crippen molar-refractivity contribution in [1.29, 1.82) is 0 Å². The predicted molar refractivity (Wildman–Crippen MR) is 141 cm³/mol. The van der Waals surface area contributed by atoms with Gasteiger partial charge in [-0.2, -0.15) is 0 Å². The van der Waals surface area contributed by atoms with E-state index in [2.05, 4.69) is 120 Å². The third-order valence-corrected chi connectivity index (χ3v) is 7.01. The Kier molecular flexibility index (Phi) is 4.04. The van der Waals surface area contributed by atoms with Crippen molar-refractivity contribution < 1.29 is 0 Å². The van der Waals surface area contributed by atoms with Crippen LogP contribution in [0, 0.1) is 0 Å². The first-order valence-electron chi connectivity index (χ1n) is 11.7. The van der Waals surface area contributed by atoms with E-state index in [0.717, 1.165) is 12.8 Å². The number of fused-ring (bicyclic) bond motifs is 6. The molecule has 1 heteroatoms. The summed E-state index contributed by atoms with van der Waals surface area (Å²) >= 11 is 0. The molecule has 33 heavy (non-hydrogen) atoms. The summed E-state index contributed by atoms with van der Waals surface area (Å²) in [4.78, 5) is 0. The number of benzene rings is 5.